The molecule has 1 aromatic carbocycles. The molecule has 0 radical (unpaired) electrons. The van der Waals surface area contributed by atoms with Gasteiger partial charge in [-0.25, -0.2) is 0 Å². The first-order valence-corrected chi connectivity index (χ1v) is 5.24. The molecule has 0 atom stereocenters. The molecule has 2 rings (SSSR count). The summed E-state index contributed by atoms with van der Waals surface area (Å²) >= 11 is 17.2. The van der Waals surface area contributed by atoms with Gasteiger partial charge in [0.1, 0.15) is 15.9 Å². The highest BCUT2D eigenvalue weighted by molar-refractivity contribution is 6.50. The molecule has 1 aliphatic rings. The van der Waals surface area contributed by atoms with Crippen LogP contribution in [0.25, 0.3) is 0 Å². The molecule has 1 aromatic rings. The van der Waals surface area contributed by atoms with Crippen LogP contribution in [0.5, 0.6) is 0 Å². The van der Waals surface area contributed by atoms with E-state index in [9.17, 15) is 14.9 Å². The lowest BCUT2D eigenvalue weighted by Crippen LogP contribution is -2.20. The maximum absolute atomic E-state index is 11.5. The number of amides is 1. The molecule has 6 nitrogen and oxygen atoms in total. The Morgan fingerprint density at radius 2 is 1.71 bits per heavy atom. The number of benzene rings is 1. The molecule has 0 unspecified atom stereocenters. The molecular weight excluding hydrogens is 292 g/mol. The summed E-state index contributed by atoms with van der Waals surface area (Å²) in [4.78, 5) is 21.4. The summed E-state index contributed by atoms with van der Waals surface area (Å²) in [7, 11) is 0. The van der Waals surface area contributed by atoms with Crippen LogP contribution in [-0.2, 0) is 0 Å². The summed E-state index contributed by atoms with van der Waals surface area (Å²) in [6.45, 7) is 0. The summed E-state index contributed by atoms with van der Waals surface area (Å²) in [6.07, 6.45) is 0. The molecule has 0 aromatic heterocycles. The van der Waals surface area contributed by atoms with Crippen molar-refractivity contribution >= 4 is 52.2 Å². The summed E-state index contributed by atoms with van der Waals surface area (Å²) in [5, 5.41) is 19.4. The number of fused-ring (bicyclic) bond motifs is 1. The first-order chi connectivity index (χ1) is 7.86. The maximum Gasteiger partial charge on any atom is 0.308 e. The highest BCUT2D eigenvalue weighted by atomic mass is 35.5. The van der Waals surface area contributed by atoms with Gasteiger partial charge in [-0.2, -0.15) is 0 Å². The Labute approximate surface area is 109 Å². The van der Waals surface area contributed by atoms with Crippen molar-refractivity contribution in [1.82, 2.24) is 5.32 Å². The molecule has 17 heavy (non-hydrogen) atoms. The van der Waals surface area contributed by atoms with Crippen molar-refractivity contribution in [3.63, 3.8) is 0 Å². The molecule has 88 valence electrons. The van der Waals surface area contributed by atoms with Gasteiger partial charge in [0, 0.05) is 0 Å². The van der Waals surface area contributed by atoms with Gasteiger partial charge in [0.25, 0.3) is 5.91 Å². The molecule has 0 fully saturated rings. The van der Waals surface area contributed by atoms with E-state index in [4.69, 9.17) is 40.2 Å². The zero-order valence-electron chi connectivity index (χ0n) is 7.81. The molecule has 2 N–H and O–H groups in total. The van der Waals surface area contributed by atoms with Crippen LogP contribution in [0.15, 0.2) is 0 Å². The lowest BCUT2D eigenvalue weighted by molar-refractivity contribution is -0.384. The van der Waals surface area contributed by atoms with Gasteiger partial charge >= 0.3 is 5.69 Å². The van der Waals surface area contributed by atoms with Gasteiger partial charge in [0.2, 0.25) is 0 Å². The zero-order chi connectivity index (χ0) is 12.9. The second kappa shape index (κ2) is 3.83. The van der Waals surface area contributed by atoms with Crippen molar-refractivity contribution in [3.8, 4) is 0 Å². The van der Waals surface area contributed by atoms with E-state index in [1.165, 1.54) is 0 Å². The predicted octanol–water partition coefficient (Wildman–Crippen LogP) is 2.62. The van der Waals surface area contributed by atoms with E-state index >= 15 is 0 Å². The highest BCUT2D eigenvalue weighted by Crippen LogP contribution is 2.44. The first kappa shape index (κ1) is 12.1. The van der Waals surface area contributed by atoms with Crippen molar-refractivity contribution in [3.05, 3.63) is 36.3 Å². The summed E-state index contributed by atoms with van der Waals surface area (Å²) in [5.41, 5.74) is -0.850. The monoisotopic (exact) mass is 293 g/mol. The molecule has 0 aliphatic carbocycles. The maximum atomic E-state index is 11.5. The number of nitro benzene ring substituents is 1. The molecule has 9 heteroatoms. The van der Waals surface area contributed by atoms with Gasteiger partial charge in [0.15, 0.2) is 0 Å². The predicted molar refractivity (Wildman–Crippen MR) is 62.4 cm³/mol. The molecule has 0 spiro atoms. The minimum atomic E-state index is -0.827. The fourth-order valence-corrected chi connectivity index (χ4v) is 2.42. The number of amidine groups is 1. The normalized spacial score (nSPS) is 13.6. The van der Waals surface area contributed by atoms with Crippen molar-refractivity contribution < 1.29 is 9.72 Å². The standard InChI is InChI=1S/C8H2Cl3N3O3/c9-3-1-2(8(15)13-7(1)12)4(10)6(5(3)11)14(16)17/h(H2,12,13,15). The number of carbonyl (C=O) groups is 1. The third-order valence-electron chi connectivity index (χ3n) is 2.20. The number of hydrogen-bond acceptors (Lipinski definition) is 4. The SMILES string of the molecule is N=C1NC(=O)c2c(Cl)c([N+](=O)[O-])c(Cl)c(Cl)c21. The third-order valence-corrected chi connectivity index (χ3v) is 3.41. The topological polar surface area (TPSA) is 96.1 Å². The van der Waals surface area contributed by atoms with Crippen LogP contribution in [0.3, 0.4) is 0 Å². The van der Waals surface area contributed by atoms with Crippen LogP contribution < -0.4 is 5.32 Å². The number of nitro groups is 1. The van der Waals surface area contributed by atoms with E-state index in [1.807, 2.05) is 0 Å². The summed E-state index contributed by atoms with van der Waals surface area (Å²) < 4.78 is 0. The average molecular weight is 294 g/mol. The average Bonchev–Trinajstić information content (AvgIpc) is 2.50. The Morgan fingerprint density at radius 1 is 1.12 bits per heavy atom. The molecular formula is C8H2Cl3N3O3. The Hall–Kier alpha value is -1.37. The fourth-order valence-electron chi connectivity index (χ4n) is 1.49. The summed E-state index contributed by atoms with van der Waals surface area (Å²) in [5.74, 6) is -0.995. The molecule has 1 amide bonds. The lowest BCUT2D eigenvalue weighted by Gasteiger charge is -2.05. The molecule has 0 bridgehead atoms. The largest absolute Gasteiger partial charge is 0.308 e. The molecule has 1 aliphatic heterocycles. The number of rotatable bonds is 1. The van der Waals surface area contributed by atoms with Gasteiger partial charge in [-0.05, 0) is 0 Å². The van der Waals surface area contributed by atoms with Gasteiger partial charge in [0.05, 0.1) is 21.1 Å². The van der Waals surface area contributed by atoms with Gasteiger partial charge < -0.3 is 5.32 Å². The van der Waals surface area contributed by atoms with Crippen LogP contribution in [0, 0.1) is 15.5 Å². The van der Waals surface area contributed by atoms with Gasteiger partial charge in [-0.3, -0.25) is 20.3 Å². The number of hydrogen-bond donors (Lipinski definition) is 2. The second-order valence-corrected chi connectivity index (χ2v) is 4.26. The Balaban J connectivity index is 2.94. The van der Waals surface area contributed by atoms with Crippen molar-refractivity contribution in [2.45, 2.75) is 0 Å². The molecule has 0 saturated carbocycles. The Bertz CT molecular complexity index is 600. The van der Waals surface area contributed by atoms with Crippen molar-refractivity contribution in [1.29, 1.82) is 5.41 Å². The highest BCUT2D eigenvalue weighted by Gasteiger charge is 2.37. The minimum absolute atomic E-state index is 0.0164. The lowest BCUT2D eigenvalue weighted by atomic mass is 10.1. The van der Waals surface area contributed by atoms with E-state index in [2.05, 4.69) is 5.32 Å². The quantitative estimate of drug-likeness (QED) is 0.473. The van der Waals surface area contributed by atoms with Crippen molar-refractivity contribution in [2.24, 2.45) is 0 Å². The second-order valence-electron chi connectivity index (χ2n) is 3.13. The van der Waals surface area contributed by atoms with Crippen LogP contribution >= 0.6 is 34.8 Å². The number of nitrogens with zero attached hydrogens (tertiary/aromatic N) is 1. The molecule has 0 saturated heterocycles. The number of carbonyl (C=O) groups excluding carboxylic acids is 1. The number of nitrogens with one attached hydrogen (secondary N) is 2. The van der Waals surface area contributed by atoms with E-state index < -0.39 is 21.5 Å². The van der Waals surface area contributed by atoms with Crippen LogP contribution in [-0.4, -0.2) is 16.7 Å². The summed E-state index contributed by atoms with van der Waals surface area (Å²) in [6, 6.07) is 0. The zero-order valence-corrected chi connectivity index (χ0v) is 10.1. The third kappa shape index (κ3) is 1.56. The van der Waals surface area contributed by atoms with Crippen LogP contribution in [0.2, 0.25) is 15.1 Å². The first-order valence-electron chi connectivity index (χ1n) is 4.11. The van der Waals surface area contributed by atoms with E-state index in [1.54, 1.807) is 0 Å². The minimum Gasteiger partial charge on any atom is -0.306 e. The van der Waals surface area contributed by atoms with E-state index in [0.29, 0.717) is 0 Å². The smallest absolute Gasteiger partial charge is 0.306 e. The van der Waals surface area contributed by atoms with Crippen molar-refractivity contribution in [2.75, 3.05) is 0 Å². The van der Waals surface area contributed by atoms with E-state index in [-0.39, 0.29) is 27.0 Å². The number of halogens is 3. The van der Waals surface area contributed by atoms with Gasteiger partial charge in [-0.15, -0.1) is 0 Å². The fraction of sp³-hybridized carbons (Fsp3) is 0. The van der Waals surface area contributed by atoms with Gasteiger partial charge in [-0.1, -0.05) is 34.8 Å². The molecule has 1 heterocycles. The van der Waals surface area contributed by atoms with Crippen LogP contribution in [0.1, 0.15) is 15.9 Å². The van der Waals surface area contributed by atoms with Crippen LogP contribution in [0.4, 0.5) is 5.69 Å². The van der Waals surface area contributed by atoms with E-state index in [0.717, 1.165) is 0 Å². The Morgan fingerprint density at radius 3 is 2.24 bits per heavy atom. The Kier molecular flexibility index (Phi) is 2.73.